The highest BCUT2D eigenvalue weighted by atomic mass is 19.2. The number of imidazole rings is 1. The summed E-state index contributed by atoms with van der Waals surface area (Å²) < 4.78 is 29.2. The predicted molar refractivity (Wildman–Crippen MR) is 80.9 cm³/mol. The van der Waals surface area contributed by atoms with Gasteiger partial charge in [-0.1, -0.05) is 0 Å². The fourth-order valence-corrected chi connectivity index (χ4v) is 3.08. The highest BCUT2D eigenvalue weighted by Gasteiger charge is 2.31. The van der Waals surface area contributed by atoms with E-state index in [9.17, 15) is 8.78 Å². The molecule has 2 aromatic heterocycles. The van der Waals surface area contributed by atoms with Crippen molar-refractivity contribution in [3.63, 3.8) is 0 Å². The van der Waals surface area contributed by atoms with Crippen LogP contribution in [0.15, 0.2) is 24.4 Å². The van der Waals surface area contributed by atoms with E-state index in [1.807, 2.05) is 10.6 Å². The molecule has 0 aliphatic heterocycles. The van der Waals surface area contributed by atoms with Crippen LogP contribution >= 0.6 is 0 Å². The van der Waals surface area contributed by atoms with Gasteiger partial charge in [-0.25, -0.2) is 13.8 Å². The summed E-state index contributed by atoms with van der Waals surface area (Å²) in [6.45, 7) is 0. The van der Waals surface area contributed by atoms with Gasteiger partial charge in [0, 0.05) is 29.7 Å². The van der Waals surface area contributed by atoms with Crippen LogP contribution in [0.2, 0.25) is 0 Å². The first-order valence-corrected chi connectivity index (χ1v) is 7.90. The minimum Gasteiger partial charge on any atom is -0.321 e. The molecule has 0 unspecified atom stereocenters. The Balaban J connectivity index is 1.74. The molecule has 0 atom stereocenters. The van der Waals surface area contributed by atoms with Crippen molar-refractivity contribution in [1.29, 1.82) is 0 Å². The number of nitrogens with zero attached hydrogens (tertiary/aromatic N) is 4. The Labute approximate surface area is 131 Å². The monoisotopic (exact) mass is 312 g/mol. The molecule has 2 aliphatic carbocycles. The lowest BCUT2D eigenvalue weighted by Gasteiger charge is -2.08. The number of hydrogen-bond donors (Lipinski definition) is 0. The molecule has 0 N–H and O–H groups in total. The van der Waals surface area contributed by atoms with Gasteiger partial charge in [0.25, 0.3) is 0 Å². The summed E-state index contributed by atoms with van der Waals surface area (Å²) in [6.07, 6.45) is 6.04. The van der Waals surface area contributed by atoms with Crippen LogP contribution in [0.4, 0.5) is 8.78 Å². The first kappa shape index (κ1) is 13.1. The van der Waals surface area contributed by atoms with Crippen LogP contribution in [-0.2, 0) is 0 Å². The molecule has 4 nitrogen and oxygen atoms in total. The summed E-state index contributed by atoms with van der Waals surface area (Å²) in [4.78, 5) is 4.56. The molecule has 0 bridgehead atoms. The number of halogens is 2. The van der Waals surface area contributed by atoms with Gasteiger partial charge in [0.1, 0.15) is 5.82 Å². The molecular weight excluding hydrogens is 298 g/mol. The summed E-state index contributed by atoms with van der Waals surface area (Å²) in [5, 5.41) is 8.29. The highest BCUT2D eigenvalue weighted by molar-refractivity contribution is 5.81. The van der Waals surface area contributed by atoms with Gasteiger partial charge < -0.3 is 4.57 Å². The van der Waals surface area contributed by atoms with Gasteiger partial charge in [0.05, 0.1) is 22.9 Å². The van der Waals surface area contributed by atoms with Crippen molar-refractivity contribution < 1.29 is 8.78 Å². The van der Waals surface area contributed by atoms with E-state index in [1.165, 1.54) is 12.1 Å². The maximum absolute atomic E-state index is 13.7. The summed E-state index contributed by atoms with van der Waals surface area (Å²) in [5.41, 5.74) is 2.97. The third-order valence-corrected chi connectivity index (χ3v) is 4.57. The van der Waals surface area contributed by atoms with Gasteiger partial charge >= 0.3 is 0 Å². The van der Waals surface area contributed by atoms with E-state index in [0.717, 1.165) is 42.8 Å². The number of rotatable bonds is 3. The van der Waals surface area contributed by atoms with E-state index in [-0.39, 0.29) is 0 Å². The fraction of sp³-hybridized carbons (Fsp3) is 0.353. The smallest absolute Gasteiger partial charge is 0.161 e. The summed E-state index contributed by atoms with van der Waals surface area (Å²) in [5.74, 6) is -0.478. The minimum absolute atomic E-state index is 0.303. The zero-order chi connectivity index (χ0) is 15.6. The normalized spacial score (nSPS) is 17.8. The lowest BCUT2D eigenvalue weighted by Crippen LogP contribution is -2.00. The lowest BCUT2D eigenvalue weighted by atomic mass is 10.2. The number of benzene rings is 1. The molecule has 6 heteroatoms. The Morgan fingerprint density at radius 1 is 1.00 bits per heavy atom. The van der Waals surface area contributed by atoms with Gasteiger partial charge in [-0.2, -0.15) is 10.2 Å². The van der Waals surface area contributed by atoms with Crippen LogP contribution in [0.1, 0.15) is 43.3 Å². The maximum atomic E-state index is 13.7. The van der Waals surface area contributed by atoms with E-state index >= 15 is 0 Å². The highest BCUT2D eigenvalue weighted by Crippen LogP contribution is 2.43. The van der Waals surface area contributed by atoms with Crippen LogP contribution in [0.25, 0.3) is 22.4 Å². The van der Waals surface area contributed by atoms with Crippen LogP contribution in [-0.4, -0.2) is 19.7 Å². The Hall–Kier alpha value is -2.37. The molecule has 2 heterocycles. The first-order chi connectivity index (χ1) is 11.2. The van der Waals surface area contributed by atoms with Crippen LogP contribution in [0, 0.1) is 11.6 Å². The fourth-order valence-electron chi connectivity index (χ4n) is 3.08. The quantitative estimate of drug-likeness (QED) is 0.734. The van der Waals surface area contributed by atoms with E-state index < -0.39 is 11.6 Å². The van der Waals surface area contributed by atoms with Gasteiger partial charge in [-0.05, 0) is 31.7 Å². The second kappa shape index (κ2) is 4.57. The van der Waals surface area contributed by atoms with E-state index in [4.69, 9.17) is 0 Å². The second-order valence-electron chi connectivity index (χ2n) is 6.44. The Morgan fingerprint density at radius 2 is 1.78 bits per heavy atom. The molecule has 116 valence electrons. The number of hydrogen-bond acceptors (Lipinski definition) is 3. The molecule has 2 saturated carbocycles. The molecule has 0 radical (unpaired) electrons. The molecule has 2 fully saturated rings. The zero-order valence-corrected chi connectivity index (χ0v) is 12.3. The SMILES string of the molecule is Fc1cc2nc(-c3cnnc(C4CC4)c3)n(C3CC3)c2cc1F. The average Bonchev–Trinajstić information content (AvgIpc) is 3.45. The second-order valence-corrected chi connectivity index (χ2v) is 6.44. The molecule has 2 aliphatic rings. The molecule has 3 aromatic rings. The lowest BCUT2D eigenvalue weighted by molar-refractivity contribution is 0.510. The van der Waals surface area contributed by atoms with Crippen LogP contribution in [0.3, 0.4) is 0 Å². The van der Waals surface area contributed by atoms with Crippen molar-refractivity contribution >= 4 is 11.0 Å². The number of fused-ring (bicyclic) bond motifs is 1. The maximum Gasteiger partial charge on any atom is 0.161 e. The van der Waals surface area contributed by atoms with Gasteiger partial charge in [0.2, 0.25) is 0 Å². The predicted octanol–water partition coefficient (Wildman–Crippen LogP) is 3.98. The molecule has 5 rings (SSSR count). The third kappa shape index (κ3) is 2.12. The van der Waals surface area contributed by atoms with Crippen molar-refractivity contribution in [2.45, 2.75) is 37.6 Å². The minimum atomic E-state index is -0.865. The van der Waals surface area contributed by atoms with Crippen molar-refractivity contribution in [2.75, 3.05) is 0 Å². The molecule has 0 spiro atoms. The number of aromatic nitrogens is 4. The molecule has 23 heavy (non-hydrogen) atoms. The van der Waals surface area contributed by atoms with Crippen molar-refractivity contribution in [3.8, 4) is 11.4 Å². The standard InChI is InChI=1S/C17H14F2N4/c18-12-6-15-16(7-13(12)19)23(11-3-4-11)17(21-15)10-5-14(9-1-2-9)22-20-8-10/h5-9,11H,1-4H2. The van der Waals surface area contributed by atoms with Gasteiger partial charge in [0.15, 0.2) is 11.6 Å². The third-order valence-electron chi connectivity index (χ3n) is 4.57. The van der Waals surface area contributed by atoms with Crippen molar-refractivity contribution in [1.82, 2.24) is 19.7 Å². The molecule has 1 aromatic carbocycles. The van der Waals surface area contributed by atoms with E-state index in [1.54, 1.807) is 6.20 Å². The first-order valence-electron chi connectivity index (χ1n) is 7.90. The average molecular weight is 312 g/mol. The van der Waals surface area contributed by atoms with Gasteiger partial charge in [-0.15, -0.1) is 0 Å². The van der Waals surface area contributed by atoms with Crippen LogP contribution < -0.4 is 0 Å². The van der Waals surface area contributed by atoms with E-state index in [2.05, 4.69) is 15.2 Å². The van der Waals surface area contributed by atoms with Crippen molar-refractivity contribution in [3.05, 3.63) is 41.7 Å². The van der Waals surface area contributed by atoms with E-state index in [0.29, 0.717) is 23.0 Å². The summed E-state index contributed by atoms with van der Waals surface area (Å²) >= 11 is 0. The Bertz CT molecular complexity index is 926. The zero-order valence-electron chi connectivity index (χ0n) is 12.3. The Morgan fingerprint density at radius 3 is 2.52 bits per heavy atom. The van der Waals surface area contributed by atoms with Crippen molar-refractivity contribution in [2.24, 2.45) is 0 Å². The van der Waals surface area contributed by atoms with Gasteiger partial charge in [-0.3, -0.25) is 0 Å². The molecule has 0 saturated heterocycles. The Kier molecular flexibility index (Phi) is 2.60. The largest absolute Gasteiger partial charge is 0.321 e. The molecular formula is C17H14F2N4. The molecule has 0 amide bonds. The summed E-state index contributed by atoms with van der Waals surface area (Å²) in [6, 6.07) is 4.73. The summed E-state index contributed by atoms with van der Waals surface area (Å²) in [7, 11) is 0. The topological polar surface area (TPSA) is 43.6 Å². The van der Waals surface area contributed by atoms with Crippen LogP contribution in [0.5, 0.6) is 0 Å².